The van der Waals surface area contributed by atoms with Gasteiger partial charge in [-0.1, -0.05) is 6.92 Å². The SMILES string of the molecule is CCC(C)N(C)CC1(CN)CCOCC1. The monoisotopic (exact) mass is 214 g/mol. The molecule has 3 heteroatoms. The molecule has 90 valence electrons. The van der Waals surface area contributed by atoms with Crippen molar-refractivity contribution >= 4 is 0 Å². The van der Waals surface area contributed by atoms with Gasteiger partial charge in [-0.2, -0.15) is 0 Å². The fraction of sp³-hybridized carbons (Fsp3) is 1.00. The van der Waals surface area contributed by atoms with Crippen LogP contribution in [-0.4, -0.2) is 44.3 Å². The average molecular weight is 214 g/mol. The first-order valence-corrected chi connectivity index (χ1v) is 6.11. The number of ether oxygens (including phenoxy) is 1. The van der Waals surface area contributed by atoms with Crippen molar-refractivity contribution in [2.75, 3.05) is 33.4 Å². The van der Waals surface area contributed by atoms with E-state index in [-0.39, 0.29) is 0 Å². The van der Waals surface area contributed by atoms with Crippen molar-refractivity contribution in [2.45, 2.75) is 39.2 Å². The molecule has 1 atom stereocenters. The molecule has 0 aliphatic carbocycles. The molecule has 0 aromatic heterocycles. The molecule has 1 fully saturated rings. The van der Waals surface area contributed by atoms with Crippen LogP contribution in [0, 0.1) is 5.41 Å². The van der Waals surface area contributed by atoms with Crippen molar-refractivity contribution < 1.29 is 4.74 Å². The van der Waals surface area contributed by atoms with Gasteiger partial charge >= 0.3 is 0 Å². The van der Waals surface area contributed by atoms with Crippen LogP contribution in [0.4, 0.5) is 0 Å². The van der Waals surface area contributed by atoms with Gasteiger partial charge in [0.2, 0.25) is 0 Å². The summed E-state index contributed by atoms with van der Waals surface area (Å²) >= 11 is 0. The van der Waals surface area contributed by atoms with Crippen molar-refractivity contribution in [1.82, 2.24) is 4.90 Å². The van der Waals surface area contributed by atoms with E-state index in [0.717, 1.165) is 39.1 Å². The van der Waals surface area contributed by atoms with E-state index in [1.807, 2.05) is 0 Å². The number of hydrogen-bond acceptors (Lipinski definition) is 3. The van der Waals surface area contributed by atoms with Crippen LogP contribution < -0.4 is 5.73 Å². The van der Waals surface area contributed by atoms with E-state index in [1.165, 1.54) is 6.42 Å². The maximum absolute atomic E-state index is 5.95. The molecule has 3 nitrogen and oxygen atoms in total. The van der Waals surface area contributed by atoms with Gasteiger partial charge in [0.25, 0.3) is 0 Å². The molecular formula is C12H26N2O. The predicted octanol–water partition coefficient (Wildman–Crippen LogP) is 1.47. The maximum atomic E-state index is 5.95. The topological polar surface area (TPSA) is 38.5 Å². The van der Waals surface area contributed by atoms with Crippen LogP contribution in [0.1, 0.15) is 33.1 Å². The Morgan fingerprint density at radius 1 is 1.40 bits per heavy atom. The molecule has 0 aromatic carbocycles. The van der Waals surface area contributed by atoms with Gasteiger partial charge in [0.15, 0.2) is 0 Å². The standard InChI is InChI=1S/C12H26N2O/c1-4-11(2)14(3)10-12(9-13)5-7-15-8-6-12/h11H,4-10,13H2,1-3H3. The van der Waals surface area contributed by atoms with Crippen molar-refractivity contribution in [3.63, 3.8) is 0 Å². The molecule has 1 unspecified atom stereocenters. The van der Waals surface area contributed by atoms with Crippen molar-refractivity contribution in [3.8, 4) is 0 Å². The first kappa shape index (κ1) is 12.9. The van der Waals surface area contributed by atoms with Crippen molar-refractivity contribution in [1.29, 1.82) is 0 Å². The van der Waals surface area contributed by atoms with E-state index in [4.69, 9.17) is 10.5 Å². The van der Waals surface area contributed by atoms with E-state index in [2.05, 4.69) is 25.8 Å². The lowest BCUT2D eigenvalue weighted by molar-refractivity contribution is -0.00156. The Hall–Kier alpha value is -0.120. The van der Waals surface area contributed by atoms with Crippen molar-refractivity contribution in [3.05, 3.63) is 0 Å². The van der Waals surface area contributed by atoms with Gasteiger partial charge in [-0.15, -0.1) is 0 Å². The van der Waals surface area contributed by atoms with Gasteiger partial charge in [-0.3, -0.25) is 0 Å². The highest BCUT2D eigenvalue weighted by molar-refractivity contribution is 4.86. The smallest absolute Gasteiger partial charge is 0.0472 e. The van der Waals surface area contributed by atoms with E-state index in [1.54, 1.807) is 0 Å². The molecule has 1 saturated heterocycles. The fourth-order valence-electron chi connectivity index (χ4n) is 2.23. The van der Waals surface area contributed by atoms with E-state index < -0.39 is 0 Å². The quantitative estimate of drug-likeness (QED) is 0.753. The fourth-order valence-corrected chi connectivity index (χ4v) is 2.23. The second-order valence-corrected chi connectivity index (χ2v) is 4.99. The Morgan fingerprint density at radius 2 is 2.00 bits per heavy atom. The molecule has 0 aromatic rings. The summed E-state index contributed by atoms with van der Waals surface area (Å²) in [5.74, 6) is 0. The Bertz CT molecular complexity index is 178. The third-order valence-corrected chi connectivity index (χ3v) is 3.91. The molecule has 15 heavy (non-hydrogen) atoms. The lowest BCUT2D eigenvalue weighted by Gasteiger charge is -2.40. The Labute approximate surface area is 94.0 Å². The third kappa shape index (κ3) is 3.44. The molecule has 0 bridgehead atoms. The lowest BCUT2D eigenvalue weighted by atomic mass is 9.79. The summed E-state index contributed by atoms with van der Waals surface area (Å²) in [6.45, 7) is 8.18. The zero-order chi connectivity index (χ0) is 11.3. The van der Waals surface area contributed by atoms with Crippen molar-refractivity contribution in [2.24, 2.45) is 11.1 Å². The molecule has 0 amide bonds. The van der Waals surface area contributed by atoms with Crippen LogP contribution in [-0.2, 0) is 4.74 Å². The minimum Gasteiger partial charge on any atom is -0.381 e. The largest absolute Gasteiger partial charge is 0.381 e. The second-order valence-electron chi connectivity index (χ2n) is 4.99. The molecular weight excluding hydrogens is 188 g/mol. The van der Waals surface area contributed by atoms with E-state index in [9.17, 15) is 0 Å². The summed E-state index contributed by atoms with van der Waals surface area (Å²) in [4.78, 5) is 2.44. The van der Waals surface area contributed by atoms with Crippen LogP contribution in [0.25, 0.3) is 0 Å². The first-order valence-electron chi connectivity index (χ1n) is 6.11. The lowest BCUT2D eigenvalue weighted by Crippen LogP contribution is -2.47. The number of nitrogens with two attached hydrogens (primary N) is 1. The summed E-state index contributed by atoms with van der Waals surface area (Å²) in [5.41, 5.74) is 6.25. The molecule has 1 aliphatic heterocycles. The molecule has 1 heterocycles. The first-order chi connectivity index (χ1) is 7.13. The highest BCUT2D eigenvalue weighted by Crippen LogP contribution is 2.30. The van der Waals surface area contributed by atoms with E-state index >= 15 is 0 Å². The molecule has 1 aliphatic rings. The molecule has 2 N–H and O–H groups in total. The van der Waals surface area contributed by atoms with Crippen LogP contribution in [0.3, 0.4) is 0 Å². The van der Waals surface area contributed by atoms with Crippen LogP contribution in [0.5, 0.6) is 0 Å². The second kappa shape index (κ2) is 5.83. The Balaban J connectivity index is 2.51. The third-order valence-electron chi connectivity index (χ3n) is 3.91. The zero-order valence-electron chi connectivity index (χ0n) is 10.5. The summed E-state index contributed by atoms with van der Waals surface area (Å²) in [5, 5.41) is 0. The molecule has 1 rings (SSSR count). The van der Waals surface area contributed by atoms with E-state index in [0.29, 0.717) is 11.5 Å². The number of rotatable bonds is 5. The number of nitrogens with zero attached hydrogens (tertiary/aromatic N) is 1. The number of hydrogen-bond donors (Lipinski definition) is 1. The minimum absolute atomic E-state index is 0.302. The summed E-state index contributed by atoms with van der Waals surface area (Å²) < 4.78 is 5.42. The summed E-state index contributed by atoms with van der Waals surface area (Å²) in [6, 6.07) is 0.649. The minimum atomic E-state index is 0.302. The normalized spacial score (nSPS) is 23.0. The van der Waals surface area contributed by atoms with Gasteiger partial charge in [0.1, 0.15) is 0 Å². The zero-order valence-corrected chi connectivity index (χ0v) is 10.5. The van der Waals surface area contributed by atoms with Gasteiger partial charge in [-0.05, 0) is 45.2 Å². The Kier molecular flexibility index (Phi) is 5.03. The van der Waals surface area contributed by atoms with Crippen LogP contribution in [0.15, 0.2) is 0 Å². The van der Waals surface area contributed by atoms with Crippen LogP contribution >= 0.6 is 0 Å². The average Bonchev–Trinajstić information content (AvgIpc) is 2.29. The van der Waals surface area contributed by atoms with Gasteiger partial charge in [0.05, 0.1) is 0 Å². The maximum Gasteiger partial charge on any atom is 0.0472 e. The molecule has 0 spiro atoms. The highest BCUT2D eigenvalue weighted by atomic mass is 16.5. The van der Waals surface area contributed by atoms with Gasteiger partial charge < -0.3 is 15.4 Å². The van der Waals surface area contributed by atoms with Crippen LogP contribution in [0.2, 0.25) is 0 Å². The van der Waals surface area contributed by atoms with Gasteiger partial charge in [-0.25, -0.2) is 0 Å². The summed E-state index contributed by atoms with van der Waals surface area (Å²) in [7, 11) is 2.21. The Morgan fingerprint density at radius 3 is 2.47 bits per heavy atom. The predicted molar refractivity (Wildman–Crippen MR) is 63.9 cm³/mol. The van der Waals surface area contributed by atoms with Gasteiger partial charge in [0, 0.05) is 25.8 Å². The highest BCUT2D eigenvalue weighted by Gasteiger charge is 2.32. The summed E-state index contributed by atoms with van der Waals surface area (Å²) in [6.07, 6.45) is 3.43. The molecule has 0 radical (unpaired) electrons. The molecule has 0 saturated carbocycles.